The number of rotatable bonds is 4. The number of aromatic nitrogens is 2. The van der Waals surface area contributed by atoms with E-state index in [2.05, 4.69) is 31.0 Å². The molecule has 1 aromatic carbocycles. The van der Waals surface area contributed by atoms with E-state index in [-0.39, 0.29) is 16.8 Å². The van der Waals surface area contributed by atoms with E-state index in [4.69, 9.17) is 0 Å². The highest BCUT2D eigenvalue weighted by Gasteiger charge is 2.46. The van der Waals surface area contributed by atoms with Crippen molar-refractivity contribution in [3.05, 3.63) is 74.6 Å². The maximum atomic E-state index is 13.2. The van der Waals surface area contributed by atoms with Crippen molar-refractivity contribution < 1.29 is 14.7 Å². The molecule has 0 spiro atoms. The van der Waals surface area contributed by atoms with Gasteiger partial charge in [0.1, 0.15) is 5.51 Å². The maximum absolute atomic E-state index is 13.2. The summed E-state index contributed by atoms with van der Waals surface area (Å²) in [5, 5.41) is 20.6. The van der Waals surface area contributed by atoms with Crippen LogP contribution in [0.15, 0.2) is 58.6 Å². The highest BCUT2D eigenvalue weighted by molar-refractivity contribution is 7.13. The lowest BCUT2D eigenvalue weighted by molar-refractivity contribution is -0.117. The number of Topliss-reactive ketones (excluding diaryl/α,β-unsaturated/α-hetero) is 1. The van der Waals surface area contributed by atoms with Crippen LogP contribution < -0.4 is 4.90 Å². The summed E-state index contributed by atoms with van der Waals surface area (Å²) >= 11 is 2.45. The van der Waals surface area contributed by atoms with E-state index >= 15 is 0 Å². The first-order valence-electron chi connectivity index (χ1n) is 9.00. The van der Waals surface area contributed by atoms with Crippen LogP contribution in [0.5, 0.6) is 0 Å². The van der Waals surface area contributed by atoms with Crippen LogP contribution in [0.25, 0.3) is 0 Å². The number of carbonyl (C=O) groups excluding carboxylic acids is 2. The molecule has 0 fully saturated rings. The molecule has 1 atom stereocenters. The van der Waals surface area contributed by atoms with Gasteiger partial charge in [0.15, 0.2) is 5.76 Å². The van der Waals surface area contributed by atoms with Gasteiger partial charge in [-0.05, 0) is 28.0 Å². The summed E-state index contributed by atoms with van der Waals surface area (Å²) in [5.41, 5.74) is 3.41. The summed E-state index contributed by atoms with van der Waals surface area (Å²) in [5.74, 6) is -1.54. The third kappa shape index (κ3) is 3.38. The quantitative estimate of drug-likeness (QED) is 0.614. The summed E-state index contributed by atoms with van der Waals surface area (Å²) in [6.45, 7) is 6.35. The Morgan fingerprint density at radius 3 is 2.41 bits per heavy atom. The lowest BCUT2D eigenvalue weighted by atomic mass is 9.85. The second kappa shape index (κ2) is 7.20. The van der Waals surface area contributed by atoms with E-state index in [0.717, 1.165) is 11.1 Å². The number of benzene rings is 1. The molecule has 1 aliphatic rings. The predicted molar refractivity (Wildman–Crippen MR) is 114 cm³/mol. The van der Waals surface area contributed by atoms with Gasteiger partial charge in [-0.1, -0.05) is 62.4 Å². The fourth-order valence-corrected chi connectivity index (χ4v) is 4.59. The first kappa shape index (κ1) is 19.5. The van der Waals surface area contributed by atoms with Gasteiger partial charge in [-0.2, -0.15) is 0 Å². The van der Waals surface area contributed by atoms with Crippen molar-refractivity contribution in [1.82, 2.24) is 10.2 Å². The number of hydrogen-bond acceptors (Lipinski definition) is 7. The molecule has 8 heteroatoms. The molecule has 0 bridgehead atoms. The standard InChI is InChI=1S/C21H19N3O3S2/c1-21(2,3)13-8-6-12(7-9-13)16-15(17(25)14-5-4-10-28-14)18(26)19(27)24(16)20-23-22-11-29-20/h4-11,16,26H,1-3H3/t16-/m0/s1. The Labute approximate surface area is 176 Å². The summed E-state index contributed by atoms with van der Waals surface area (Å²) < 4.78 is 0. The second-order valence-electron chi connectivity index (χ2n) is 7.74. The Bertz CT molecular complexity index is 1080. The molecule has 0 radical (unpaired) electrons. The van der Waals surface area contributed by atoms with E-state index < -0.39 is 17.7 Å². The van der Waals surface area contributed by atoms with Crippen molar-refractivity contribution >= 4 is 39.5 Å². The number of hydrogen-bond donors (Lipinski definition) is 1. The molecule has 4 rings (SSSR count). The zero-order valence-corrected chi connectivity index (χ0v) is 17.8. The van der Waals surface area contributed by atoms with Gasteiger partial charge in [0.25, 0.3) is 5.91 Å². The minimum Gasteiger partial charge on any atom is -0.503 e. The Balaban J connectivity index is 1.84. The van der Waals surface area contributed by atoms with Crippen LogP contribution in [0.4, 0.5) is 5.13 Å². The Kier molecular flexibility index (Phi) is 4.84. The Hall–Kier alpha value is -2.84. The number of ketones is 1. The summed E-state index contributed by atoms with van der Waals surface area (Å²) in [6, 6.07) is 10.5. The zero-order chi connectivity index (χ0) is 20.8. The molecule has 3 heterocycles. The maximum Gasteiger partial charge on any atom is 0.296 e. The molecular formula is C21H19N3O3S2. The predicted octanol–water partition coefficient (Wildman–Crippen LogP) is 4.68. The number of thiophene rings is 1. The normalized spacial score (nSPS) is 17.3. The van der Waals surface area contributed by atoms with Gasteiger partial charge >= 0.3 is 0 Å². The van der Waals surface area contributed by atoms with Crippen molar-refractivity contribution in [2.45, 2.75) is 32.2 Å². The first-order valence-corrected chi connectivity index (χ1v) is 10.8. The topological polar surface area (TPSA) is 83.4 Å². The number of nitrogens with zero attached hydrogens (tertiary/aromatic N) is 3. The van der Waals surface area contributed by atoms with Crippen LogP contribution >= 0.6 is 22.7 Å². The summed E-state index contributed by atoms with van der Waals surface area (Å²) in [4.78, 5) is 27.9. The lowest BCUT2D eigenvalue weighted by Crippen LogP contribution is -2.31. The summed E-state index contributed by atoms with van der Waals surface area (Å²) in [6.07, 6.45) is 0. The van der Waals surface area contributed by atoms with E-state index in [1.54, 1.807) is 17.5 Å². The van der Waals surface area contributed by atoms with Crippen molar-refractivity contribution in [1.29, 1.82) is 0 Å². The van der Waals surface area contributed by atoms with E-state index in [1.807, 2.05) is 24.3 Å². The van der Waals surface area contributed by atoms with Crippen molar-refractivity contribution in [2.24, 2.45) is 0 Å². The monoisotopic (exact) mass is 425 g/mol. The van der Waals surface area contributed by atoms with E-state index in [1.165, 1.54) is 33.1 Å². The average Bonchev–Trinajstić information content (AvgIpc) is 3.43. The lowest BCUT2D eigenvalue weighted by Gasteiger charge is -2.25. The van der Waals surface area contributed by atoms with Gasteiger partial charge in [-0.15, -0.1) is 21.5 Å². The third-order valence-corrected chi connectivity index (χ3v) is 6.40. The second-order valence-corrected chi connectivity index (χ2v) is 9.50. The van der Waals surface area contributed by atoms with Gasteiger partial charge < -0.3 is 5.11 Å². The van der Waals surface area contributed by atoms with Gasteiger partial charge in [-0.3, -0.25) is 14.5 Å². The zero-order valence-electron chi connectivity index (χ0n) is 16.1. The Morgan fingerprint density at radius 1 is 1.14 bits per heavy atom. The molecule has 29 heavy (non-hydrogen) atoms. The smallest absolute Gasteiger partial charge is 0.296 e. The van der Waals surface area contributed by atoms with Crippen molar-refractivity contribution in [3.63, 3.8) is 0 Å². The average molecular weight is 426 g/mol. The molecule has 1 aliphatic heterocycles. The van der Waals surface area contributed by atoms with Gasteiger partial charge in [0.05, 0.1) is 16.5 Å². The van der Waals surface area contributed by atoms with E-state index in [9.17, 15) is 14.7 Å². The minimum atomic E-state index is -0.765. The molecule has 3 aromatic rings. The highest BCUT2D eigenvalue weighted by atomic mass is 32.1. The highest BCUT2D eigenvalue weighted by Crippen LogP contribution is 2.43. The molecule has 148 valence electrons. The molecular weight excluding hydrogens is 406 g/mol. The fourth-order valence-electron chi connectivity index (χ4n) is 3.33. The van der Waals surface area contributed by atoms with Crippen LogP contribution in [0.3, 0.4) is 0 Å². The first-order chi connectivity index (χ1) is 13.8. The molecule has 1 N–H and O–H groups in total. The van der Waals surface area contributed by atoms with E-state index in [0.29, 0.717) is 10.0 Å². The van der Waals surface area contributed by atoms with Gasteiger partial charge in [-0.25, -0.2) is 0 Å². The molecule has 0 saturated heterocycles. The number of aliphatic hydroxyl groups is 1. The molecule has 6 nitrogen and oxygen atoms in total. The van der Waals surface area contributed by atoms with Gasteiger partial charge in [0, 0.05) is 0 Å². The Morgan fingerprint density at radius 2 is 1.86 bits per heavy atom. The molecule has 0 unspecified atom stereocenters. The SMILES string of the molecule is CC(C)(C)c1ccc([C@H]2C(C(=O)c3cccs3)=C(O)C(=O)N2c2nncs2)cc1. The molecule has 0 saturated carbocycles. The number of amides is 1. The molecule has 2 aromatic heterocycles. The van der Waals surface area contributed by atoms with Crippen LogP contribution in [-0.4, -0.2) is 27.0 Å². The van der Waals surface area contributed by atoms with Crippen LogP contribution in [0, 0.1) is 0 Å². The fraction of sp³-hybridized carbons (Fsp3) is 0.238. The molecule has 1 amide bonds. The minimum absolute atomic E-state index is 0.0312. The van der Waals surface area contributed by atoms with Crippen LogP contribution in [0.1, 0.15) is 47.6 Å². The van der Waals surface area contributed by atoms with Crippen LogP contribution in [0.2, 0.25) is 0 Å². The largest absolute Gasteiger partial charge is 0.503 e. The summed E-state index contributed by atoms with van der Waals surface area (Å²) in [7, 11) is 0. The third-order valence-electron chi connectivity index (χ3n) is 4.84. The molecule has 0 aliphatic carbocycles. The number of aliphatic hydroxyl groups excluding tert-OH is 1. The van der Waals surface area contributed by atoms with Crippen molar-refractivity contribution in [2.75, 3.05) is 4.90 Å². The number of anilines is 1. The van der Waals surface area contributed by atoms with Crippen LogP contribution in [-0.2, 0) is 10.2 Å². The van der Waals surface area contributed by atoms with Crippen molar-refractivity contribution in [3.8, 4) is 0 Å². The van der Waals surface area contributed by atoms with Gasteiger partial charge in [0.2, 0.25) is 10.9 Å². The number of carbonyl (C=O) groups is 2.